The number of furan rings is 1. The summed E-state index contributed by atoms with van der Waals surface area (Å²) in [5, 5.41) is 3.72. The highest BCUT2D eigenvalue weighted by Crippen LogP contribution is 2.24. The van der Waals surface area contributed by atoms with E-state index in [1.165, 1.54) is 10.4 Å². The smallest absolute Gasteiger partial charge is 0.243 e. The molecule has 8 heteroatoms. The van der Waals surface area contributed by atoms with E-state index in [0.29, 0.717) is 18.8 Å². The Balaban J connectivity index is 1.46. The summed E-state index contributed by atoms with van der Waals surface area (Å²) in [5.74, 6) is -0.227. The maximum Gasteiger partial charge on any atom is 0.243 e. The Morgan fingerprint density at radius 2 is 1.87 bits per heavy atom. The molecule has 31 heavy (non-hydrogen) atoms. The molecule has 1 amide bonds. The van der Waals surface area contributed by atoms with E-state index < -0.39 is 10.0 Å². The molecule has 7 nitrogen and oxygen atoms in total. The summed E-state index contributed by atoms with van der Waals surface area (Å²) in [7, 11) is -3.59. The Labute approximate surface area is 182 Å². The number of aryl methyl sites for hydroxylation is 1. The van der Waals surface area contributed by atoms with Crippen LogP contribution in [0.3, 0.4) is 0 Å². The van der Waals surface area contributed by atoms with Crippen LogP contribution in [0.25, 0.3) is 11.0 Å². The molecule has 1 aliphatic heterocycles. The minimum Gasteiger partial charge on any atom is -0.464 e. The van der Waals surface area contributed by atoms with Gasteiger partial charge in [-0.05, 0) is 43.3 Å². The van der Waals surface area contributed by atoms with Gasteiger partial charge in [0, 0.05) is 42.8 Å². The van der Waals surface area contributed by atoms with Crippen LogP contribution in [0.2, 0.25) is 0 Å². The first-order valence-electron chi connectivity index (χ1n) is 10.5. The number of sulfonamides is 1. The van der Waals surface area contributed by atoms with Crippen molar-refractivity contribution in [1.82, 2.24) is 9.21 Å². The molecule has 0 unspecified atom stereocenters. The van der Waals surface area contributed by atoms with E-state index in [1.54, 1.807) is 24.5 Å². The van der Waals surface area contributed by atoms with Crippen LogP contribution in [0, 0.1) is 6.92 Å². The average molecular weight is 442 g/mol. The number of nitrogens with one attached hydrogen (secondary N) is 1. The Bertz CT molecular complexity index is 1190. The number of anilines is 1. The van der Waals surface area contributed by atoms with E-state index in [-0.39, 0.29) is 17.2 Å². The molecule has 1 fully saturated rings. The Hall–Kier alpha value is -2.68. The fourth-order valence-corrected chi connectivity index (χ4v) is 5.34. The van der Waals surface area contributed by atoms with Crippen molar-refractivity contribution in [2.24, 2.45) is 0 Å². The molecule has 164 valence electrons. The normalized spacial score (nSPS) is 15.9. The van der Waals surface area contributed by atoms with Gasteiger partial charge >= 0.3 is 0 Å². The Morgan fingerprint density at radius 1 is 1.10 bits per heavy atom. The van der Waals surface area contributed by atoms with Crippen molar-refractivity contribution in [1.29, 1.82) is 0 Å². The standard InChI is InChI=1S/C23H27N3O4S/c1-3-25-9-11-26(12-10-25)31(28,29)20-6-4-5-19(15-20)24-23(27)14-18-16-30-22-13-17(2)7-8-21(18)22/h4-8,13,15-16H,3,9-12,14H2,1-2H3,(H,24,27). The van der Waals surface area contributed by atoms with Crippen LogP contribution in [-0.2, 0) is 21.2 Å². The van der Waals surface area contributed by atoms with Gasteiger partial charge in [-0.2, -0.15) is 4.31 Å². The van der Waals surface area contributed by atoms with Gasteiger partial charge in [0.05, 0.1) is 17.6 Å². The van der Waals surface area contributed by atoms with Crippen molar-refractivity contribution in [3.63, 3.8) is 0 Å². The summed E-state index contributed by atoms with van der Waals surface area (Å²) >= 11 is 0. The fourth-order valence-electron chi connectivity index (χ4n) is 3.87. The summed E-state index contributed by atoms with van der Waals surface area (Å²) in [4.78, 5) is 15.0. The van der Waals surface area contributed by atoms with Gasteiger partial charge in [0.2, 0.25) is 15.9 Å². The number of fused-ring (bicyclic) bond motifs is 1. The second-order valence-corrected chi connectivity index (χ2v) is 9.79. The van der Waals surface area contributed by atoms with Crippen LogP contribution in [0.4, 0.5) is 5.69 Å². The SMILES string of the molecule is CCN1CCN(S(=O)(=O)c2cccc(NC(=O)Cc3coc4cc(C)ccc34)c2)CC1. The largest absolute Gasteiger partial charge is 0.464 e. The molecule has 0 spiro atoms. The number of rotatable bonds is 6. The lowest BCUT2D eigenvalue weighted by atomic mass is 10.1. The molecular weight excluding hydrogens is 414 g/mol. The topological polar surface area (TPSA) is 82.9 Å². The number of carbonyl (C=O) groups is 1. The van der Waals surface area contributed by atoms with E-state index in [4.69, 9.17) is 4.42 Å². The molecule has 0 radical (unpaired) electrons. The third kappa shape index (κ3) is 4.66. The molecule has 0 aliphatic carbocycles. The lowest BCUT2D eigenvalue weighted by molar-refractivity contribution is -0.115. The van der Waals surface area contributed by atoms with Crippen LogP contribution < -0.4 is 5.32 Å². The first-order valence-corrected chi connectivity index (χ1v) is 11.9. The van der Waals surface area contributed by atoms with Crippen LogP contribution >= 0.6 is 0 Å². The van der Waals surface area contributed by atoms with E-state index in [1.807, 2.05) is 25.1 Å². The van der Waals surface area contributed by atoms with Gasteiger partial charge in [0.1, 0.15) is 5.58 Å². The number of hydrogen-bond acceptors (Lipinski definition) is 5. The van der Waals surface area contributed by atoms with Crippen LogP contribution in [0.1, 0.15) is 18.1 Å². The molecule has 0 atom stereocenters. The molecular formula is C23H27N3O4S. The molecule has 1 aliphatic rings. The maximum absolute atomic E-state index is 13.0. The number of hydrogen-bond donors (Lipinski definition) is 1. The van der Waals surface area contributed by atoms with Crippen molar-refractivity contribution in [2.45, 2.75) is 25.2 Å². The zero-order chi connectivity index (χ0) is 22.0. The molecule has 0 bridgehead atoms. The van der Waals surface area contributed by atoms with Gasteiger partial charge in [-0.3, -0.25) is 4.79 Å². The number of likely N-dealkylation sites (N-methyl/N-ethyl adjacent to an activating group) is 1. The summed E-state index contributed by atoms with van der Waals surface area (Å²) in [6.45, 7) is 7.37. The quantitative estimate of drug-likeness (QED) is 0.635. The number of benzene rings is 2. The maximum atomic E-state index is 13.0. The Morgan fingerprint density at radius 3 is 2.61 bits per heavy atom. The number of amides is 1. The van der Waals surface area contributed by atoms with Gasteiger partial charge in [-0.1, -0.05) is 25.1 Å². The number of piperazine rings is 1. The number of carbonyl (C=O) groups excluding carboxylic acids is 1. The zero-order valence-electron chi connectivity index (χ0n) is 17.8. The number of nitrogens with zero attached hydrogens (tertiary/aromatic N) is 2. The molecule has 4 rings (SSSR count). The molecule has 1 aromatic heterocycles. The van der Waals surface area contributed by atoms with Crippen molar-refractivity contribution in [3.05, 3.63) is 59.9 Å². The molecule has 2 heterocycles. The summed E-state index contributed by atoms with van der Waals surface area (Å²) < 4.78 is 33.1. The van der Waals surface area contributed by atoms with Crippen molar-refractivity contribution < 1.29 is 17.6 Å². The first-order chi connectivity index (χ1) is 14.9. The van der Waals surface area contributed by atoms with Gasteiger partial charge in [0.25, 0.3) is 0 Å². The highest BCUT2D eigenvalue weighted by atomic mass is 32.2. The summed E-state index contributed by atoms with van der Waals surface area (Å²) in [6.07, 6.45) is 1.74. The van der Waals surface area contributed by atoms with E-state index in [0.717, 1.165) is 41.7 Å². The Kier molecular flexibility index (Phi) is 6.13. The summed E-state index contributed by atoms with van der Waals surface area (Å²) in [5.41, 5.74) is 3.10. The highest BCUT2D eigenvalue weighted by molar-refractivity contribution is 7.89. The minimum absolute atomic E-state index is 0.145. The van der Waals surface area contributed by atoms with Crippen LogP contribution in [0.15, 0.2) is 58.0 Å². The molecule has 3 aromatic rings. The van der Waals surface area contributed by atoms with Crippen LogP contribution in [0.5, 0.6) is 0 Å². The molecule has 0 saturated carbocycles. The summed E-state index contributed by atoms with van der Waals surface area (Å²) in [6, 6.07) is 12.3. The second kappa shape index (κ2) is 8.82. The monoisotopic (exact) mass is 441 g/mol. The van der Waals surface area contributed by atoms with Gasteiger partial charge in [-0.15, -0.1) is 0 Å². The third-order valence-electron chi connectivity index (χ3n) is 5.70. The predicted octanol–water partition coefficient (Wildman–Crippen LogP) is 3.25. The minimum atomic E-state index is -3.59. The third-order valence-corrected chi connectivity index (χ3v) is 7.59. The van der Waals surface area contributed by atoms with Crippen molar-refractivity contribution >= 4 is 32.6 Å². The fraction of sp³-hybridized carbons (Fsp3) is 0.348. The zero-order valence-corrected chi connectivity index (χ0v) is 18.6. The average Bonchev–Trinajstić information content (AvgIpc) is 3.15. The lowest BCUT2D eigenvalue weighted by Crippen LogP contribution is -2.48. The van der Waals surface area contributed by atoms with Gasteiger partial charge in [-0.25, -0.2) is 8.42 Å². The van der Waals surface area contributed by atoms with Gasteiger partial charge < -0.3 is 14.6 Å². The van der Waals surface area contributed by atoms with E-state index in [2.05, 4.69) is 17.1 Å². The predicted molar refractivity (Wildman–Crippen MR) is 121 cm³/mol. The van der Waals surface area contributed by atoms with Crippen molar-refractivity contribution in [2.75, 3.05) is 38.0 Å². The highest BCUT2D eigenvalue weighted by Gasteiger charge is 2.28. The van der Waals surface area contributed by atoms with Crippen molar-refractivity contribution in [3.8, 4) is 0 Å². The molecule has 1 N–H and O–H groups in total. The van der Waals surface area contributed by atoms with Crippen LogP contribution in [-0.4, -0.2) is 56.3 Å². The molecule has 2 aromatic carbocycles. The van der Waals surface area contributed by atoms with E-state index in [9.17, 15) is 13.2 Å². The first kappa shape index (κ1) is 21.5. The van der Waals surface area contributed by atoms with Gasteiger partial charge in [0.15, 0.2) is 0 Å². The molecule has 1 saturated heterocycles. The lowest BCUT2D eigenvalue weighted by Gasteiger charge is -2.33. The van der Waals surface area contributed by atoms with E-state index >= 15 is 0 Å². The second-order valence-electron chi connectivity index (χ2n) is 7.85.